The summed E-state index contributed by atoms with van der Waals surface area (Å²) in [6, 6.07) is 8.24. The van der Waals surface area contributed by atoms with Gasteiger partial charge in [-0.15, -0.1) is 0 Å². The normalized spacial score (nSPS) is 15.7. The fraction of sp³-hybridized carbons (Fsp3) is 0.333. The highest BCUT2D eigenvalue weighted by Crippen LogP contribution is 2.25. The van der Waals surface area contributed by atoms with Crippen molar-refractivity contribution in [2.45, 2.75) is 32.6 Å². The monoisotopic (exact) mass is 225 g/mol. The number of carbonyl (C=O) groups is 1. The summed E-state index contributed by atoms with van der Waals surface area (Å²) in [6.07, 6.45) is 3.72. The van der Waals surface area contributed by atoms with Crippen LogP contribution in [0, 0.1) is 6.92 Å². The Kier molecular flexibility index (Phi) is 2.43. The van der Waals surface area contributed by atoms with Crippen molar-refractivity contribution in [3.05, 3.63) is 41.1 Å². The number of hydrogen-bond acceptors (Lipinski definition) is 2. The molecule has 0 spiro atoms. The summed E-state index contributed by atoms with van der Waals surface area (Å²) >= 11 is 0. The molecule has 0 N–H and O–H groups in total. The standard InChI is InChI=1S/C15H15NO/c1-10-5-4-7-13-12(10)9-11-6-2-3-8-14(17)15(11)16-13/h4-5,7,9H,2-3,6,8H2,1H3. The topological polar surface area (TPSA) is 30.0 Å². The summed E-state index contributed by atoms with van der Waals surface area (Å²) < 4.78 is 0. The van der Waals surface area contributed by atoms with E-state index in [1.165, 1.54) is 10.9 Å². The van der Waals surface area contributed by atoms with Crippen molar-refractivity contribution in [2.75, 3.05) is 0 Å². The second kappa shape index (κ2) is 3.95. The van der Waals surface area contributed by atoms with Crippen LogP contribution in [0.1, 0.15) is 40.9 Å². The van der Waals surface area contributed by atoms with E-state index in [0.29, 0.717) is 12.1 Å². The third-order valence-electron chi connectivity index (χ3n) is 3.52. The molecule has 0 saturated carbocycles. The fourth-order valence-corrected chi connectivity index (χ4v) is 2.54. The van der Waals surface area contributed by atoms with E-state index < -0.39 is 0 Å². The van der Waals surface area contributed by atoms with Gasteiger partial charge in [-0.1, -0.05) is 12.1 Å². The molecule has 1 aliphatic rings. The predicted molar refractivity (Wildman–Crippen MR) is 68.4 cm³/mol. The van der Waals surface area contributed by atoms with Gasteiger partial charge in [0.2, 0.25) is 0 Å². The number of aromatic nitrogens is 1. The number of pyridine rings is 1. The van der Waals surface area contributed by atoms with Crippen LogP contribution in [0.2, 0.25) is 0 Å². The van der Waals surface area contributed by atoms with Gasteiger partial charge in [0.1, 0.15) is 5.69 Å². The van der Waals surface area contributed by atoms with Crippen LogP contribution in [0.4, 0.5) is 0 Å². The smallest absolute Gasteiger partial charge is 0.181 e. The van der Waals surface area contributed by atoms with Gasteiger partial charge in [-0.25, -0.2) is 4.98 Å². The zero-order valence-corrected chi connectivity index (χ0v) is 9.99. The quantitative estimate of drug-likeness (QED) is 0.643. The first-order valence-corrected chi connectivity index (χ1v) is 6.18. The van der Waals surface area contributed by atoms with Crippen molar-refractivity contribution in [1.82, 2.24) is 4.98 Å². The summed E-state index contributed by atoms with van der Waals surface area (Å²) in [5.74, 6) is 0.209. The van der Waals surface area contributed by atoms with Gasteiger partial charge in [0.15, 0.2) is 5.78 Å². The average Bonchev–Trinajstić information content (AvgIpc) is 2.51. The summed E-state index contributed by atoms with van der Waals surface area (Å²) in [7, 11) is 0. The van der Waals surface area contributed by atoms with E-state index in [4.69, 9.17) is 0 Å². The van der Waals surface area contributed by atoms with E-state index in [1.807, 2.05) is 12.1 Å². The molecule has 0 unspecified atom stereocenters. The molecule has 0 amide bonds. The Bertz CT molecular complexity index is 601. The average molecular weight is 225 g/mol. The lowest BCUT2D eigenvalue weighted by atomic mass is 10.0. The minimum atomic E-state index is 0.209. The molecule has 0 bridgehead atoms. The van der Waals surface area contributed by atoms with Gasteiger partial charge in [-0.05, 0) is 49.4 Å². The Morgan fingerprint density at radius 1 is 1.18 bits per heavy atom. The molecular formula is C15H15NO. The van der Waals surface area contributed by atoms with Gasteiger partial charge in [-0.2, -0.15) is 0 Å². The molecule has 0 atom stereocenters. The first kappa shape index (κ1) is 10.5. The number of nitrogens with zero attached hydrogens (tertiary/aromatic N) is 1. The van der Waals surface area contributed by atoms with Crippen molar-refractivity contribution in [3.63, 3.8) is 0 Å². The molecule has 2 nitrogen and oxygen atoms in total. The van der Waals surface area contributed by atoms with Gasteiger partial charge in [0.25, 0.3) is 0 Å². The Labute approximate surface area is 101 Å². The molecule has 3 rings (SSSR count). The number of fused-ring (bicyclic) bond motifs is 2. The van der Waals surface area contributed by atoms with E-state index >= 15 is 0 Å². The largest absolute Gasteiger partial charge is 0.292 e. The van der Waals surface area contributed by atoms with E-state index in [0.717, 1.165) is 30.3 Å². The number of aryl methyl sites for hydroxylation is 2. The van der Waals surface area contributed by atoms with E-state index in [-0.39, 0.29) is 5.78 Å². The van der Waals surface area contributed by atoms with Crippen molar-refractivity contribution < 1.29 is 4.79 Å². The molecule has 0 saturated heterocycles. The second-order valence-corrected chi connectivity index (χ2v) is 4.77. The first-order valence-electron chi connectivity index (χ1n) is 6.18. The second-order valence-electron chi connectivity index (χ2n) is 4.77. The van der Waals surface area contributed by atoms with Crippen molar-refractivity contribution in [3.8, 4) is 0 Å². The van der Waals surface area contributed by atoms with Gasteiger partial charge in [-0.3, -0.25) is 4.79 Å². The van der Waals surface area contributed by atoms with Crippen molar-refractivity contribution in [1.29, 1.82) is 0 Å². The summed E-state index contributed by atoms with van der Waals surface area (Å²) in [5.41, 5.74) is 4.02. The molecule has 0 aliphatic heterocycles. The van der Waals surface area contributed by atoms with Crippen LogP contribution in [0.5, 0.6) is 0 Å². The zero-order valence-electron chi connectivity index (χ0n) is 9.99. The molecule has 86 valence electrons. The summed E-state index contributed by atoms with van der Waals surface area (Å²) in [5, 5.41) is 1.18. The Morgan fingerprint density at radius 3 is 2.88 bits per heavy atom. The molecular weight excluding hydrogens is 210 g/mol. The summed E-state index contributed by atoms with van der Waals surface area (Å²) in [6.45, 7) is 2.09. The molecule has 1 heterocycles. The maximum absolute atomic E-state index is 12.0. The van der Waals surface area contributed by atoms with Crippen LogP contribution in [-0.4, -0.2) is 10.8 Å². The van der Waals surface area contributed by atoms with Crippen molar-refractivity contribution >= 4 is 16.7 Å². The highest BCUT2D eigenvalue weighted by molar-refractivity contribution is 5.98. The Morgan fingerprint density at radius 2 is 2.00 bits per heavy atom. The van der Waals surface area contributed by atoms with Crippen LogP contribution < -0.4 is 0 Å². The Hall–Kier alpha value is -1.70. The summed E-state index contributed by atoms with van der Waals surface area (Å²) in [4.78, 5) is 16.5. The van der Waals surface area contributed by atoms with E-state index in [1.54, 1.807) is 0 Å². The number of benzene rings is 1. The van der Waals surface area contributed by atoms with Crippen molar-refractivity contribution in [2.24, 2.45) is 0 Å². The number of ketones is 1. The molecule has 1 aromatic carbocycles. The molecule has 0 fully saturated rings. The van der Waals surface area contributed by atoms with Crippen LogP contribution in [0.25, 0.3) is 10.9 Å². The lowest BCUT2D eigenvalue weighted by molar-refractivity contribution is 0.0977. The first-order chi connectivity index (χ1) is 8.25. The number of hydrogen-bond donors (Lipinski definition) is 0. The van der Waals surface area contributed by atoms with E-state index in [2.05, 4.69) is 24.0 Å². The maximum atomic E-state index is 12.0. The van der Waals surface area contributed by atoms with Crippen LogP contribution in [-0.2, 0) is 6.42 Å². The number of carbonyl (C=O) groups excluding carboxylic acids is 1. The molecule has 0 radical (unpaired) electrons. The number of rotatable bonds is 0. The van der Waals surface area contributed by atoms with Gasteiger partial charge in [0.05, 0.1) is 5.52 Å². The highest BCUT2D eigenvalue weighted by Gasteiger charge is 2.17. The third kappa shape index (κ3) is 1.74. The number of Topliss-reactive ketones (excluding diaryl/α,β-unsaturated/α-hetero) is 1. The van der Waals surface area contributed by atoms with Gasteiger partial charge in [0, 0.05) is 11.8 Å². The fourth-order valence-electron chi connectivity index (χ4n) is 2.54. The third-order valence-corrected chi connectivity index (χ3v) is 3.52. The Balaban J connectivity index is 2.30. The van der Waals surface area contributed by atoms with E-state index in [9.17, 15) is 4.79 Å². The minimum absolute atomic E-state index is 0.209. The molecule has 1 aromatic heterocycles. The van der Waals surface area contributed by atoms with Crippen LogP contribution >= 0.6 is 0 Å². The maximum Gasteiger partial charge on any atom is 0.181 e. The predicted octanol–water partition coefficient (Wildman–Crippen LogP) is 3.45. The SMILES string of the molecule is Cc1cccc2nc3c(cc12)CCCCC3=O. The molecule has 2 aromatic rings. The molecule has 2 heteroatoms. The molecule has 1 aliphatic carbocycles. The van der Waals surface area contributed by atoms with Gasteiger partial charge < -0.3 is 0 Å². The lowest BCUT2D eigenvalue weighted by Crippen LogP contribution is -2.04. The lowest BCUT2D eigenvalue weighted by Gasteiger charge is -2.08. The zero-order chi connectivity index (χ0) is 11.8. The van der Waals surface area contributed by atoms with Crippen LogP contribution in [0.3, 0.4) is 0 Å². The molecule has 17 heavy (non-hydrogen) atoms. The highest BCUT2D eigenvalue weighted by atomic mass is 16.1. The van der Waals surface area contributed by atoms with Crippen LogP contribution in [0.15, 0.2) is 24.3 Å². The van der Waals surface area contributed by atoms with Gasteiger partial charge >= 0.3 is 0 Å². The minimum Gasteiger partial charge on any atom is -0.292 e.